The van der Waals surface area contributed by atoms with Crippen molar-refractivity contribution < 1.29 is 4.79 Å². The highest BCUT2D eigenvalue weighted by molar-refractivity contribution is 5.96. The van der Waals surface area contributed by atoms with Crippen LogP contribution in [-0.4, -0.2) is 10.8 Å². The lowest BCUT2D eigenvalue weighted by molar-refractivity contribution is 0.0926. The van der Waals surface area contributed by atoms with Gasteiger partial charge in [-0.2, -0.15) is 0 Å². The van der Waals surface area contributed by atoms with Crippen molar-refractivity contribution in [1.82, 2.24) is 4.98 Å². The van der Waals surface area contributed by atoms with E-state index in [0.29, 0.717) is 24.2 Å². The largest absolute Gasteiger partial charge is 0.294 e. The van der Waals surface area contributed by atoms with Gasteiger partial charge in [0, 0.05) is 23.6 Å². The zero-order valence-corrected chi connectivity index (χ0v) is 20.0. The predicted octanol–water partition coefficient (Wildman–Crippen LogP) is 8.47. The third kappa shape index (κ3) is 4.97. The van der Waals surface area contributed by atoms with Gasteiger partial charge in [0.05, 0.1) is 5.52 Å². The van der Waals surface area contributed by atoms with Gasteiger partial charge in [-0.1, -0.05) is 86.1 Å². The van der Waals surface area contributed by atoms with Crippen molar-refractivity contribution in [2.45, 2.75) is 51.4 Å². The number of hydrogen-bond acceptors (Lipinski definition) is 2. The van der Waals surface area contributed by atoms with Crippen LogP contribution in [0.3, 0.4) is 0 Å². The Kier molecular flexibility index (Phi) is 6.85. The molecular weight excluding hydrogens is 414 g/mol. The molecule has 1 saturated carbocycles. The number of rotatable bonds is 7. The summed E-state index contributed by atoms with van der Waals surface area (Å²) in [5.41, 5.74) is 5.63. The highest BCUT2D eigenvalue weighted by Gasteiger charge is 2.29. The van der Waals surface area contributed by atoms with Gasteiger partial charge < -0.3 is 0 Å². The zero-order chi connectivity index (χ0) is 23.3. The van der Waals surface area contributed by atoms with Crippen LogP contribution in [0.25, 0.3) is 22.0 Å². The third-order valence-electron chi connectivity index (χ3n) is 7.81. The summed E-state index contributed by atoms with van der Waals surface area (Å²) in [5.74, 6) is 1.98. The lowest BCUT2D eigenvalue weighted by Crippen LogP contribution is -2.23. The standard InChI is InChI=1S/C32H33NO/c1-2-23(21-32(34)28-18-16-26(17-19-28)24-8-4-3-5-9-24)25-12-14-27(15-13-25)30-20-29-10-6-7-11-31(29)33-22-30/h3-11,16-20,22-23,25,27H,2,12-15,21H2,1H3. The van der Waals surface area contributed by atoms with Gasteiger partial charge >= 0.3 is 0 Å². The molecule has 2 heteroatoms. The van der Waals surface area contributed by atoms with Crippen LogP contribution in [0.2, 0.25) is 0 Å². The lowest BCUT2D eigenvalue weighted by atomic mass is 9.71. The molecule has 4 aromatic rings. The van der Waals surface area contributed by atoms with Crippen molar-refractivity contribution in [3.8, 4) is 11.1 Å². The van der Waals surface area contributed by atoms with Crippen LogP contribution >= 0.6 is 0 Å². The van der Waals surface area contributed by atoms with Crippen molar-refractivity contribution in [1.29, 1.82) is 0 Å². The smallest absolute Gasteiger partial charge is 0.163 e. The quantitative estimate of drug-likeness (QED) is 0.266. The Labute approximate surface area is 203 Å². The van der Waals surface area contributed by atoms with Gasteiger partial charge in [0.15, 0.2) is 5.78 Å². The summed E-state index contributed by atoms with van der Waals surface area (Å²) in [6, 6.07) is 29.2. The second kappa shape index (κ2) is 10.3. The van der Waals surface area contributed by atoms with E-state index in [4.69, 9.17) is 0 Å². The summed E-state index contributed by atoms with van der Waals surface area (Å²) in [6.45, 7) is 2.25. The topological polar surface area (TPSA) is 30.0 Å². The molecule has 5 rings (SSSR count). The van der Waals surface area contributed by atoms with Gasteiger partial charge in [0.2, 0.25) is 0 Å². The van der Waals surface area contributed by atoms with Crippen molar-refractivity contribution >= 4 is 16.7 Å². The Bertz CT molecular complexity index is 1240. The van der Waals surface area contributed by atoms with Crippen LogP contribution in [0.15, 0.2) is 91.1 Å². The van der Waals surface area contributed by atoms with Gasteiger partial charge in [0.25, 0.3) is 0 Å². The van der Waals surface area contributed by atoms with Crippen LogP contribution < -0.4 is 0 Å². The highest BCUT2D eigenvalue weighted by atomic mass is 16.1. The van der Waals surface area contributed by atoms with Gasteiger partial charge in [0.1, 0.15) is 0 Å². The van der Waals surface area contributed by atoms with E-state index in [1.807, 2.05) is 36.4 Å². The first-order chi connectivity index (χ1) is 16.7. The predicted molar refractivity (Wildman–Crippen MR) is 141 cm³/mol. The number of carbonyl (C=O) groups is 1. The second-order valence-corrected chi connectivity index (χ2v) is 9.81. The zero-order valence-electron chi connectivity index (χ0n) is 20.0. The molecule has 1 heterocycles. The first kappa shape index (κ1) is 22.5. The summed E-state index contributed by atoms with van der Waals surface area (Å²) in [6.07, 6.45) is 8.61. The fourth-order valence-electron chi connectivity index (χ4n) is 5.71. The molecule has 3 aromatic carbocycles. The van der Waals surface area contributed by atoms with E-state index in [1.165, 1.54) is 42.2 Å². The molecule has 1 aliphatic carbocycles. The Morgan fingerprint density at radius 3 is 2.26 bits per heavy atom. The molecule has 1 aliphatic rings. The van der Waals surface area contributed by atoms with Gasteiger partial charge in [-0.05, 0) is 72.3 Å². The maximum atomic E-state index is 13.1. The van der Waals surface area contributed by atoms with Gasteiger partial charge in [-0.15, -0.1) is 0 Å². The lowest BCUT2D eigenvalue weighted by Gasteiger charge is -2.33. The van der Waals surface area contributed by atoms with Crippen LogP contribution in [0, 0.1) is 11.8 Å². The molecule has 172 valence electrons. The second-order valence-electron chi connectivity index (χ2n) is 9.81. The molecule has 34 heavy (non-hydrogen) atoms. The average molecular weight is 448 g/mol. The Balaban J connectivity index is 1.19. The van der Waals surface area contributed by atoms with Crippen LogP contribution in [0.4, 0.5) is 0 Å². The van der Waals surface area contributed by atoms with Crippen LogP contribution in [-0.2, 0) is 0 Å². The average Bonchev–Trinajstić information content (AvgIpc) is 2.92. The highest BCUT2D eigenvalue weighted by Crippen LogP contribution is 2.41. The molecule has 1 unspecified atom stereocenters. The molecule has 0 N–H and O–H groups in total. The van der Waals surface area contributed by atoms with E-state index in [-0.39, 0.29) is 5.78 Å². The van der Waals surface area contributed by atoms with E-state index < -0.39 is 0 Å². The molecule has 1 fully saturated rings. The van der Waals surface area contributed by atoms with Gasteiger partial charge in [-0.25, -0.2) is 0 Å². The van der Waals surface area contributed by atoms with Crippen molar-refractivity contribution in [2.75, 3.05) is 0 Å². The number of carbonyl (C=O) groups excluding carboxylic acids is 1. The first-order valence-electron chi connectivity index (χ1n) is 12.7. The fraction of sp³-hybridized carbons (Fsp3) is 0.312. The number of fused-ring (bicyclic) bond motifs is 1. The van der Waals surface area contributed by atoms with E-state index in [9.17, 15) is 4.79 Å². The summed E-state index contributed by atoms with van der Waals surface area (Å²) in [4.78, 5) is 17.8. The normalized spacial score (nSPS) is 19.1. The van der Waals surface area contributed by atoms with E-state index in [0.717, 1.165) is 23.1 Å². The summed E-state index contributed by atoms with van der Waals surface area (Å²) < 4.78 is 0. The summed E-state index contributed by atoms with van der Waals surface area (Å²) >= 11 is 0. The Morgan fingerprint density at radius 2 is 1.53 bits per heavy atom. The van der Waals surface area contributed by atoms with Gasteiger partial charge in [-0.3, -0.25) is 9.78 Å². The molecule has 0 bridgehead atoms. The molecule has 2 nitrogen and oxygen atoms in total. The SMILES string of the molecule is CCC(CC(=O)c1ccc(-c2ccccc2)cc1)C1CCC(c2cnc3ccccc3c2)CC1. The fourth-order valence-corrected chi connectivity index (χ4v) is 5.71. The number of Topliss-reactive ketones (excluding diaryl/α,β-unsaturated/α-hetero) is 1. The molecular formula is C32H33NO. The van der Waals surface area contributed by atoms with E-state index in [1.54, 1.807) is 0 Å². The number of benzene rings is 3. The van der Waals surface area contributed by atoms with Crippen molar-refractivity contribution in [2.24, 2.45) is 11.8 Å². The monoisotopic (exact) mass is 447 g/mol. The number of pyridine rings is 1. The summed E-state index contributed by atoms with van der Waals surface area (Å²) in [7, 11) is 0. The minimum atomic E-state index is 0.285. The minimum Gasteiger partial charge on any atom is -0.294 e. The molecule has 1 atom stereocenters. The molecule has 0 saturated heterocycles. The number of hydrogen-bond donors (Lipinski definition) is 0. The molecule has 0 amide bonds. The first-order valence-corrected chi connectivity index (χ1v) is 12.7. The van der Waals surface area contributed by atoms with Crippen molar-refractivity contribution in [3.63, 3.8) is 0 Å². The Morgan fingerprint density at radius 1 is 0.853 bits per heavy atom. The minimum absolute atomic E-state index is 0.285. The molecule has 0 spiro atoms. The maximum Gasteiger partial charge on any atom is 0.163 e. The Hall–Kier alpha value is -3.26. The number of nitrogens with zero attached hydrogens (tertiary/aromatic N) is 1. The van der Waals surface area contributed by atoms with E-state index in [2.05, 4.69) is 66.6 Å². The molecule has 0 aliphatic heterocycles. The maximum absolute atomic E-state index is 13.1. The van der Waals surface area contributed by atoms with Crippen LogP contribution in [0.1, 0.15) is 67.3 Å². The number of aromatic nitrogens is 1. The molecule has 1 aromatic heterocycles. The number of para-hydroxylation sites is 1. The summed E-state index contributed by atoms with van der Waals surface area (Å²) in [5, 5.41) is 1.23. The van der Waals surface area contributed by atoms with Crippen molar-refractivity contribution in [3.05, 3.63) is 102 Å². The van der Waals surface area contributed by atoms with Crippen LogP contribution in [0.5, 0.6) is 0 Å². The third-order valence-corrected chi connectivity index (χ3v) is 7.81. The number of ketones is 1. The molecule has 0 radical (unpaired) electrons. The van der Waals surface area contributed by atoms with E-state index >= 15 is 0 Å².